The molecule has 0 spiro atoms. The average Bonchev–Trinajstić information content (AvgIpc) is 2.96. The molecule has 0 amide bonds. The highest BCUT2D eigenvalue weighted by Gasteiger charge is 2.01. The molecule has 0 saturated carbocycles. The highest BCUT2D eigenvalue weighted by Crippen LogP contribution is 2.47. The number of rotatable bonds is 34. The van der Waals surface area contributed by atoms with E-state index in [9.17, 15) is 4.89 Å². The maximum Gasteiger partial charge on any atom is 0.299 e. The third kappa shape index (κ3) is 36.0. The fraction of sp³-hybridized carbons (Fsp3) is 0.889. The molecule has 238 valence electrons. The van der Waals surface area contributed by atoms with E-state index in [2.05, 4.69) is 26.0 Å². The zero-order valence-electron chi connectivity index (χ0n) is 27.2. The van der Waals surface area contributed by atoms with Crippen molar-refractivity contribution in [1.82, 2.24) is 0 Å². The maximum atomic E-state index is 10.0. The normalized spacial score (nSPS) is 12.7. The second-order valence-electron chi connectivity index (χ2n) is 12.0. The summed E-state index contributed by atoms with van der Waals surface area (Å²) in [6.45, 7) is 4.58. The molecule has 0 aromatic rings. The van der Waals surface area contributed by atoms with Gasteiger partial charge in [-0.25, -0.2) is 0 Å². The van der Waals surface area contributed by atoms with E-state index >= 15 is 0 Å². The summed E-state index contributed by atoms with van der Waals surface area (Å²) in [5.74, 6) is 0. The van der Waals surface area contributed by atoms with Gasteiger partial charge in [-0.2, -0.15) is 0 Å². The Balaban J connectivity index is 3.27. The first-order valence-corrected chi connectivity index (χ1v) is 20.6. The Bertz CT molecular complexity index is 467. The van der Waals surface area contributed by atoms with Gasteiger partial charge in [-0.1, -0.05) is 187 Å². The summed E-state index contributed by atoms with van der Waals surface area (Å²) in [6, 6.07) is 0. The van der Waals surface area contributed by atoms with Gasteiger partial charge in [-0.3, -0.25) is 0 Å². The molecule has 1 unspecified atom stereocenters. The van der Waals surface area contributed by atoms with E-state index in [1.54, 1.807) is 6.26 Å². The predicted molar refractivity (Wildman–Crippen MR) is 186 cm³/mol. The molecule has 0 radical (unpaired) electrons. The van der Waals surface area contributed by atoms with Crippen molar-refractivity contribution in [3.05, 3.63) is 23.8 Å². The summed E-state index contributed by atoms with van der Waals surface area (Å²) < 4.78 is 5.44. The molecule has 0 bridgehead atoms. The van der Waals surface area contributed by atoms with Gasteiger partial charge in [0.1, 0.15) is 0 Å². The fourth-order valence-corrected chi connectivity index (χ4v) is 6.70. The minimum atomic E-state index is -1.42. The molecule has 0 aliphatic rings. The zero-order chi connectivity index (χ0) is 29.0. The molecule has 1 N–H and O–H groups in total. The van der Waals surface area contributed by atoms with Crippen molar-refractivity contribution >= 4 is 19.0 Å². The molecule has 0 aliphatic carbocycles. The average molecular weight is 599 g/mol. The molecule has 40 heavy (non-hydrogen) atoms. The van der Waals surface area contributed by atoms with Crippen molar-refractivity contribution in [2.24, 2.45) is 0 Å². The van der Waals surface area contributed by atoms with Crippen LogP contribution in [0.15, 0.2) is 23.8 Å². The molecule has 0 aromatic carbocycles. The zero-order valence-corrected chi connectivity index (χ0v) is 28.9. The number of hydrogen-bond acceptors (Lipinski definition) is 3. The van der Waals surface area contributed by atoms with Crippen LogP contribution in [0.2, 0.25) is 0 Å². The van der Waals surface area contributed by atoms with Gasteiger partial charge in [0.2, 0.25) is 0 Å². The smallest absolute Gasteiger partial charge is 0.299 e. The molecule has 0 aliphatic heterocycles. The minimum absolute atomic E-state index is 1.06. The lowest BCUT2D eigenvalue weighted by Gasteiger charge is -2.04. The molecule has 0 fully saturated rings. The maximum absolute atomic E-state index is 10.0. The molecule has 0 aromatic heterocycles. The SMILES string of the molecule is CCCCCCCCCCCCCCCCC=COP(O)SC=CCCCCCCCCCCCCCCCC. The van der Waals surface area contributed by atoms with Crippen molar-refractivity contribution in [2.45, 2.75) is 206 Å². The highest BCUT2D eigenvalue weighted by molar-refractivity contribution is 8.54. The Kier molecular flexibility index (Phi) is 37.1. The van der Waals surface area contributed by atoms with Crippen LogP contribution in [-0.4, -0.2) is 4.89 Å². The summed E-state index contributed by atoms with van der Waals surface area (Å²) in [7, 11) is -1.42. The van der Waals surface area contributed by atoms with E-state index in [4.69, 9.17) is 4.52 Å². The molecular formula is C36H71O2PS. The molecule has 0 heterocycles. The Morgan fingerprint density at radius 2 is 0.750 bits per heavy atom. The van der Waals surface area contributed by atoms with Crippen molar-refractivity contribution in [3.63, 3.8) is 0 Å². The van der Waals surface area contributed by atoms with Gasteiger partial charge >= 0.3 is 0 Å². The van der Waals surface area contributed by atoms with Crippen LogP contribution in [-0.2, 0) is 4.52 Å². The first-order chi connectivity index (χ1) is 19.8. The molecule has 2 nitrogen and oxygen atoms in total. The topological polar surface area (TPSA) is 29.5 Å². The van der Waals surface area contributed by atoms with Crippen LogP contribution in [0.5, 0.6) is 0 Å². The van der Waals surface area contributed by atoms with Crippen LogP contribution >= 0.6 is 19.0 Å². The number of allylic oxidation sites excluding steroid dienone is 2. The Morgan fingerprint density at radius 1 is 0.450 bits per heavy atom. The van der Waals surface area contributed by atoms with Gasteiger partial charge in [0.05, 0.1) is 6.26 Å². The second kappa shape index (κ2) is 37.0. The van der Waals surface area contributed by atoms with Crippen molar-refractivity contribution in [1.29, 1.82) is 0 Å². The first-order valence-electron chi connectivity index (χ1n) is 17.9. The summed E-state index contributed by atoms with van der Waals surface area (Å²) in [6.07, 6.45) is 47.4. The summed E-state index contributed by atoms with van der Waals surface area (Å²) >= 11 is 1.42. The third-order valence-corrected chi connectivity index (χ3v) is 9.90. The second-order valence-corrected chi connectivity index (χ2v) is 14.7. The van der Waals surface area contributed by atoms with Crippen molar-refractivity contribution < 1.29 is 9.42 Å². The lowest BCUT2D eigenvalue weighted by molar-refractivity contribution is 0.456. The summed E-state index contributed by atoms with van der Waals surface area (Å²) in [4.78, 5) is 10.0. The van der Waals surface area contributed by atoms with E-state index in [1.807, 2.05) is 5.41 Å². The molecule has 0 rings (SSSR count). The van der Waals surface area contributed by atoms with Gasteiger partial charge in [0.25, 0.3) is 7.58 Å². The van der Waals surface area contributed by atoms with E-state index < -0.39 is 7.58 Å². The number of unbranched alkanes of at least 4 members (excludes halogenated alkanes) is 28. The Hall–Kier alpha value is 0.0200. The van der Waals surface area contributed by atoms with Crippen LogP contribution in [0.3, 0.4) is 0 Å². The highest BCUT2D eigenvalue weighted by atomic mass is 32.7. The number of hydrogen-bond donors (Lipinski definition) is 1. The standard InChI is InChI=1S/C36H71O2PS/c1-3-5-7-9-11-13-15-17-19-21-23-25-27-29-31-33-35-38-39(37)40-36-34-32-30-28-26-24-22-20-18-16-14-12-10-8-6-4-2/h33-37H,3-32H2,1-2H3. The molecular weight excluding hydrogens is 527 g/mol. The van der Waals surface area contributed by atoms with Crippen LogP contribution < -0.4 is 0 Å². The van der Waals surface area contributed by atoms with Gasteiger partial charge in [-0.05, 0) is 48.5 Å². The Labute approximate surface area is 258 Å². The lowest BCUT2D eigenvalue weighted by Crippen LogP contribution is -1.83. The predicted octanol–water partition coefficient (Wildman–Crippen LogP) is 14.7. The minimum Gasteiger partial charge on any atom is -0.448 e. The lowest BCUT2D eigenvalue weighted by atomic mass is 10.0. The van der Waals surface area contributed by atoms with Crippen molar-refractivity contribution in [2.75, 3.05) is 0 Å². The summed E-state index contributed by atoms with van der Waals surface area (Å²) in [5.41, 5.74) is 0. The molecule has 0 saturated heterocycles. The van der Waals surface area contributed by atoms with Gasteiger partial charge in [-0.15, -0.1) is 0 Å². The van der Waals surface area contributed by atoms with Crippen LogP contribution in [0.25, 0.3) is 0 Å². The van der Waals surface area contributed by atoms with E-state index in [0.717, 1.165) is 12.8 Å². The summed E-state index contributed by atoms with van der Waals surface area (Å²) in [5, 5.41) is 2.02. The first kappa shape index (κ1) is 40.0. The van der Waals surface area contributed by atoms with Gasteiger partial charge < -0.3 is 9.42 Å². The molecule has 4 heteroatoms. The van der Waals surface area contributed by atoms with Crippen molar-refractivity contribution in [3.8, 4) is 0 Å². The third-order valence-electron chi connectivity index (χ3n) is 7.94. The monoisotopic (exact) mass is 598 g/mol. The van der Waals surface area contributed by atoms with Gasteiger partial charge in [0, 0.05) is 0 Å². The van der Waals surface area contributed by atoms with E-state index in [1.165, 1.54) is 191 Å². The van der Waals surface area contributed by atoms with E-state index in [-0.39, 0.29) is 0 Å². The van der Waals surface area contributed by atoms with Crippen LogP contribution in [0.1, 0.15) is 206 Å². The quantitative estimate of drug-likeness (QED) is 0.0454. The van der Waals surface area contributed by atoms with Crippen LogP contribution in [0, 0.1) is 0 Å². The van der Waals surface area contributed by atoms with Gasteiger partial charge in [0.15, 0.2) is 0 Å². The Morgan fingerprint density at radius 3 is 1.10 bits per heavy atom. The fourth-order valence-electron chi connectivity index (χ4n) is 5.26. The van der Waals surface area contributed by atoms with E-state index in [0.29, 0.717) is 0 Å². The largest absolute Gasteiger partial charge is 0.448 e. The molecule has 1 atom stereocenters. The van der Waals surface area contributed by atoms with Crippen LogP contribution in [0.4, 0.5) is 0 Å².